The largest absolute Gasteiger partial charge is 0.472 e. The Morgan fingerprint density at radius 3 is 2.20 bits per heavy atom. The topological polar surface area (TPSA) is 232 Å². The van der Waals surface area contributed by atoms with Crippen LogP contribution in [0.15, 0.2) is 12.7 Å². The van der Waals surface area contributed by atoms with Gasteiger partial charge in [-0.3, -0.25) is 13.8 Å². The summed E-state index contributed by atoms with van der Waals surface area (Å²) in [7, 11) is -4.89. The van der Waals surface area contributed by atoms with Gasteiger partial charge in [0.25, 0.3) is 0 Å². The number of phosphoric ester groups is 1. The van der Waals surface area contributed by atoms with Gasteiger partial charge in [0.05, 0.1) is 37.9 Å². The number of phosphoric acid groups is 1. The maximum atomic E-state index is 12.0. The third-order valence-corrected chi connectivity index (χ3v) is 4.11. The lowest BCUT2D eigenvalue weighted by molar-refractivity contribution is -0.128. The summed E-state index contributed by atoms with van der Waals surface area (Å²) in [6, 6.07) is -4.00. The highest BCUT2D eigenvalue weighted by molar-refractivity contribution is 7.47. The number of hydrogen-bond acceptors (Lipinski definition) is 11. The lowest BCUT2D eigenvalue weighted by Crippen LogP contribution is -2.56. The number of carbonyl (C=O) groups is 1. The summed E-state index contributed by atoms with van der Waals surface area (Å²) in [5.41, 5.74) is 16.4. The van der Waals surface area contributed by atoms with Crippen molar-refractivity contribution >= 4 is 13.6 Å². The van der Waals surface area contributed by atoms with Crippen LogP contribution in [-0.4, -0.2) is 87.4 Å². The number of rotatable bonds is 13. The van der Waals surface area contributed by atoms with Crippen molar-refractivity contribution in [2.75, 3.05) is 19.8 Å². The van der Waals surface area contributed by atoms with E-state index in [0.29, 0.717) is 0 Å². The molecule has 13 heteroatoms. The van der Waals surface area contributed by atoms with Gasteiger partial charge in [-0.25, -0.2) is 4.57 Å². The maximum Gasteiger partial charge on any atom is 0.472 e. The first-order valence-electron chi connectivity index (χ1n) is 7.17. The van der Waals surface area contributed by atoms with Crippen LogP contribution < -0.4 is 17.2 Å². The molecule has 0 rings (SSSR count). The number of Topliss-reactive ketones (excluding diaryl/α,β-unsaturated/α-hetero) is 1. The van der Waals surface area contributed by atoms with E-state index in [9.17, 15) is 24.5 Å². The van der Waals surface area contributed by atoms with Crippen molar-refractivity contribution in [1.29, 1.82) is 0 Å². The number of carbonyl (C=O) groups excluding carboxylic acids is 1. The highest BCUT2D eigenvalue weighted by Crippen LogP contribution is 2.45. The van der Waals surface area contributed by atoms with Gasteiger partial charge in [0.2, 0.25) is 0 Å². The molecule has 0 aromatic carbocycles. The molecule has 148 valence electrons. The number of hydrogen-bond donors (Lipinski definition) is 8. The van der Waals surface area contributed by atoms with Gasteiger partial charge in [-0.1, -0.05) is 6.08 Å². The Morgan fingerprint density at radius 2 is 1.76 bits per heavy atom. The molecule has 0 fully saturated rings. The van der Waals surface area contributed by atoms with Crippen LogP contribution in [-0.2, 0) is 18.4 Å². The highest BCUT2D eigenvalue weighted by Gasteiger charge is 2.41. The molecule has 2 unspecified atom stereocenters. The van der Waals surface area contributed by atoms with Crippen LogP contribution in [0.1, 0.15) is 0 Å². The predicted octanol–water partition coefficient (Wildman–Crippen LogP) is -4.07. The summed E-state index contributed by atoms with van der Waals surface area (Å²) in [6.07, 6.45) is -4.74. The average Bonchev–Trinajstić information content (AvgIpc) is 2.60. The van der Waals surface area contributed by atoms with E-state index in [4.69, 9.17) is 31.9 Å². The first-order chi connectivity index (χ1) is 11.5. The Hall–Kier alpha value is -0.760. The molecule has 0 aliphatic heterocycles. The van der Waals surface area contributed by atoms with Crippen LogP contribution in [0.2, 0.25) is 0 Å². The van der Waals surface area contributed by atoms with Gasteiger partial charge >= 0.3 is 7.82 Å². The van der Waals surface area contributed by atoms with Gasteiger partial charge in [-0.05, 0) is 0 Å². The standard InChI is InChI=1S/C12H26N3O9P/c1-2-7(14)10(19)9(15)12(11(20)8(18)4-17)24-25(21,22)23-5-6(13)3-16/h2,6-9,11-12,16-18,20H,1,3-5,13-15H2,(H,21,22)/t6-,7?,8-,9+,11-,12-/m1/s1. The minimum absolute atomic E-state index is 0.540. The second kappa shape index (κ2) is 11.1. The molecule has 0 aliphatic rings. The molecule has 0 amide bonds. The molecule has 25 heavy (non-hydrogen) atoms. The molecule has 0 aliphatic carbocycles. The predicted molar refractivity (Wildman–Crippen MR) is 86.0 cm³/mol. The SMILES string of the molecule is C=CC(N)C(=O)[C@H](N)[C@@H](OP(=O)(O)OC[C@H](N)CO)[C@H](O)[C@H](O)CO. The van der Waals surface area contributed by atoms with E-state index in [2.05, 4.69) is 11.1 Å². The third kappa shape index (κ3) is 7.98. The molecule has 0 saturated carbocycles. The Labute approximate surface area is 144 Å². The van der Waals surface area contributed by atoms with Gasteiger partial charge < -0.3 is 42.5 Å². The average molecular weight is 387 g/mol. The van der Waals surface area contributed by atoms with E-state index >= 15 is 0 Å². The van der Waals surface area contributed by atoms with Crippen molar-refractivity contribution in [2.24, 2.45) is 17.2 Å². The van der Waals surface area contributed by atoms with Crippen molar-refractivity contribution in [1.82, 2.24) is 0 Å². The monoisotopic (exact) mass is 387 g/mol. The molecule has 0 aromatic rings. The van der Waals surface area contributed by atoms with E-state index in [1.165, 1.54) is 0 Å². The Bertz CT molecular complexity index is 481. The minimum atomic E-state index is -4.89. The fourth-order valence-electron chi connectivity index (χ4n) is 1.59. The van der Waals surface area contributed by atoms with E-state index in [1.807, 2.05) is 0 Å². The zero-order chi connectivity index (χ0) is 19.8. The zero-order valence-corrected chi connectivity index (χ0v) is 14.3. The Morgan fingerprint density at radius 1 is 1.20 bits per heavy atom. The second-order valence-corrected chi connectivity index (χ2v) is 6.61. The van der Waals surface area contributed by atoms with Crippen LogP contribution >= 0.6 is 7.82 Å². The first kappa shape index (κ1) is 24.2. The van der Waals surface area contributed by atoms with Crippen LogP contribution in [0.4, 0.5) is 0 Å². The van der Waals surface area contributed by atoms with Gasteiger partial charge in [0, 0.05) is 0 Å². The lowest BCUT2D eigenvalue weighted by Gasteiger charge is -2.31. The molecule has 0 radical (unpaired) electrons. The summed E-state index contributed by atoms with van der Waals surface area (Å²) in [4.78, 5) is 21.7. The molecule has 0 aromatic heterocycles. The molecule has 0 heterocycles. The number of ketones is 1. The molecule has 7 atom stereocenters. The summed E-state index contributed by atoms with van der Waals surface area (Å²) in [6.45, 7) is 1.23. The van der Waals surface area contributed by atoms with Crippen molar-refractivity contribution in [2.45, 2.75) is 36.4 Å². The number of nitrogens with two attached hydrogens (primary N) is 3. The van der Waals surface area contributed by atoms with Gasteiger partial charge in [0.1, 0.15) is 18.3 Å². The van der Waals surface area contributed by atoms with Crippen LogP contribution in [0.3, 0.4) is 0 Å². The minimum Gasteiger partial charge on any atom is -0.395 e. The van der Waals surface area contributed by atoms with E-state index in [1.54, 1.807) is 0 Å². The lowest BCUT2D eigenvalue weighted by atomic mass is 9.95. The normalized spacial score (nSPS) is 21.4. The molecular weight excluding hydrogens is 361 g/mol. The second-order valence-electron chi connectivity index (χ2n) is 5.21. The first-order valence-corrected chi connectivity index (χ1v) is 8.66. The van der Waals surface area contributed by atoms with Crippen LogP contribution in [0.5, 0.6) is 0 Å². The number of aliphatic hydroxyl groups is 4. The third-order valence-electron chi connectivity index (χ3n) is 3.12. The summed E-state index contributed by atoms with van der Waals surface area (Å²) < 4.78 is 21.1. The molecular formula is C12H26N3O9P. The van der Waals surface area contributed by atoms with E-state index in [0.717, 1.165) is 6.08 Å². The highest BCUT2D eigenvalue weighted by atomic mass is 31.2. The Kier molecular flexibility index (Phi) is 10.7. The van der Waals surface area contributed by atoms with Gasteiger partial charge in [0.15, 0.2) is 5.78 Å². The summed E-state index contributed by atoms with van der Waals surface area (Å²) in [5, 5.41) is 37.1. The quantitative estimate of drug-likeness (QED) is 0.111. The van der Waals surface area contributed by atoms with Crippen LogP contribution in [0.25, 0.3) is 0 Å². The number of aliphatic hydroxyl groups excluding tert-OH is 4. The van der Waals surface area contributed by atoms with Gasteiger partial charge in [-0.15, -0.1) is 6.58 Å². The molecule has 11 N–H and O–H groups in total. The molecule has 0 bridgehead atoms. The van der Waals surface area contributed by atoms with E-state index in [-0.39, 0.29) is 0 Å². The summed E-state index contributed by atoms with van der Waals surface area (Å²) >= 11 is 0. The summed E-state index contributed by atoms with van der Waals surface area (Å²) in [5.74, 6) is -0.906. The molecule has 0 saturated heterocycles. The van der Waals surface area contributed by atoms with Crippen molar-refractivity contribution in [3.8, 4) is 0 Å². The van der Waals surface area contributed by atoms with Crippen molar-refractivity contribution in [3.05, 3.63) is 12.7 Å². The zero-order valence-electron chi connectivity index (χ0n) is 13.4. The molecule has 12 nitrogen and oxygen atoms in total. The fraction of sp³-hybridized carbons (Fsp3) is 0.750. The fourth-order valence-corrected chi connectivity index (χ4v) is 2.60. The Balaban J connectivity index is 5.35. The van der Waals surface area contributed by atoms with E-state index < -0.39 is 69.9 Å². The molecule has 0 spiro atoms. The van der Waals surface area contributed by atoms with Crippen molar-refractivity contribution in [3.63, 3.8) is 0 Å². The maximum absolute atomic E-state index is 12.0. The smallest absolute Gasteiger partial charge is 0.395 e. The van der Waals surface area contributed by atoms with Gasteiger partial charge in [-0.2, -0.15) is 0 Å². The van der Waals surface area contributed by atoms with Crippen LogP contribution in [0, 0.1) is 0 Å². The van der Waals surface area contributed by atoms with Crippen molar-refractivity contribution < 1.29 is 43.7 Å².